The van der Waals surface area contributed by atoms with Crippen molar-refractivity contribution >= 4 is 0 Å². The fraction of sp³-hybridized carbons (Fsp3) is 0.419. The molecule has 0 bridgehead atoms. The molecule has 2 aliphatic heterocycles. The number of aliphatic hydroxyl groups is 1. The van der Waals surface area contributed by atoms with Crippen molar-refractivity contribution in [1.29, 1.82) is 0 Å². The first-order valence-corrected chi connectivity index (χ1v) is 13.1. The highest BCUT2D eigenvalue weighted by molar-refractivity contribution is 5.47. The molecule has 0 saturated carbocycles. The van der Waals surface area contributed by atoms with Crippen molar-refractivity contribution < 1.29 is 38.3 Å². The molecule has 3 aromatic carbocycles. The van der Waals surface area contributed by atoms with E-state index in [-0.39, 0.29) is 30.8 Å². The van der Waals surface area contributed by atoms with Crippen LogP contribution >= 0.6 is 0 Å². The zero-order valence-corrected chi connectivity index (χ0v) is 23.2. The molecular weight excluding hydrogens is 500 g/mol. The predicted octanol–water partition coefficient (Wildman–Crippen LogP) is 6.03. The molecule has 1 N–H and O–H groups in total. The minimum Gasteiger partial charge on any atom is -0.493 e. The Kier molecular flexibility index (Phi) is 7.77. The minimum absolute atomic E-state index is 0.0712. The maximum atomic E-state index is 11.0. The Morgan fingerprint density at radius 3 is 2.00 bits per heavy atom. The van der Waals surface area contributed by atoms with E-state index in [2.05, 4.69) is 13.8 Å². The molecule has 8 heteroatoms. The lowest BCUT2D eigenvalue weighted by molar-refractivity contribution is 0.0285. The van der Waals surface area contributed by atoms with Gasteiger partial charge in [0, 0.05) is 0 Å². The number of fused-ring (bicyclic) bond motifs is 1. The summed E-state index contributed by atoms with van der Waals surface area (Å²) in [5.41, 5.74) is 2.74. The van der Waals surface area contributed by atoms with Gasteiger partial charge in [0.25, 0.3) is 0 Å². The van der Waals surface area contributed by atoms with E-state index in [1.165, 1.54) is 0 Å². The molecule has 39 heavy (non-hydrogen) atoms. The van der Waals surface area contributed by atoms with Gasteiger partial charge in [-0.25, -0.2) is 0 Å². The molecule has 6 atom stereocenters. The molecule has 0 spiro atoms. The summed E-state index contributed by atoms with van der Waals surface area (Å²) >= 11 is 0. The van der Waals surface area contributed by atoms with E-state index in [1.807, 2.05) is 43.3 Å². The van der Waals surface area contributed by atoms with Gasteiger partial charge in [-0.3, -0.25) is 0 Å². The van der Waals surface area contributed by atoms with Gasteiger partial charge >= 0.3 is 0 Å². The maximum absolute atomic E-state index is 11.0. The second kappa shape index (κ2) is 11.2. The molecule has 0 radical (unpaired) electrons. The molecular formula is C31H36O8. The minimum atomic E-state index is -0.893. The summed E-state index contributed by atoms with van der Waals surface area (Å²) in [7, 11) is 4.75. The second-order valence-electron chi connectivity index (χ2n) is 10.1. The maximum Gasteiger partial charge on any atom is 0.231 e. The Balaban J connectivity index is 1.32. The Bertz CT molecular complexity index is 1310. The van der Waals surface area contributed by atoms with Crippen LogP contribution in [0.5, 0.6) is 34.5 Å². The largest absolute Gasteiger partial charge is 0.493 e. The first-order valence-electron chi connectivity index (χ1n) is 13.1. The van der Waals surface area contributed by atoms with Crippen LogP contribution in [0.15, 0.2) is 54.6 Å². The van der Waals surface area contributed by atoms with Crippen LogP contribution in [0.1, 0.15) is 55.8 Å². The number of ether oxygens (including phenoxy) is 7. The summed E-state index contributed by atoms with van der Waals surface area (Å²) in [4.78, 5) is 0. The van der Waals surface area contributed by atoms with Crippen LogP contribution in [0.3, 0.4) is 0 Å². The number of aliphatic hydroxyl groups excluding tert-OH is 1. The van der Waals surface area contributed by atoms with Crippen LogP contribution in [0.4, 0.5) is 0 Å². The first-order chi connectivity index (χ1) is 18.8. The Hall–Kier alpha value is -3.62. The molecule has 1 fully saturated rings. The highest BCUT2D eigenvalue weighted by Crippen LogP contribution is 2.51. The normalized spacial score (nSPS) is 23.3. The molecule has 5 rings (SSSR count). The van der Waals surface area contributed by atoms with Gasteiger partial charge in [0.15, 0.2) is 34.5 Å². The van der Waals surface area contributed by atoms with Crippen molar-refractivity contribution in [2.45, 2.75) is 45.2 Å². The Labute approximate surface area is 229 Å². The lowest BCUT2D eigenvalue weighted by Crippen LogP contribution is -2.22. The average molecular weight is 537 g/mol. The van der Waals surface area contributed by atoms with Gasteiger partial charge < -0.3 is 38.3 Å². The lowest BCUT2D eigenvalue weighted by Gasteiger charge is -2.24. The molecule has 0 aromatic heterocycles. The summed E-state index contributed by atoms with van der Waals surface area (Å²) in [5.74, 6) is 4.33. The average Bonchev–Trinajstić information content (AvgIpc) is 3.56. The first kappa shape index (κ1) is 27.0. The van der Waals surface area contributed by atoms with Crippen molar-refractivity contribution in [1.82, 2.24) is 0 Å². The fourth-order valence-corrected chi connectivity index (χ4v) is 5.34. The van der Waals surface area contributed by atoms with Gasteiger partial charge in [0.1, 0.15) is 12.2 Å². The quantitative estimate of drug-likeness (QED) is 0.355. The molecule has 2 aliphatic rings. The molecule has 0 amide bonds. The van der Waals surface area contributed by atoms with Gasteiger partial charge in [-0.05, 0) is 71.8 Å². The van der Waals surface area contributed by atoms with E-state index in [1.54, 1.807) is 39.5 Å². The van der Waals surface area contributed by atoms with Crippen molar-refractivity contribution in [3.63, 3.8) is 0 Å². The highest BCUT2D eigenvalue weighted by atomic mass is 16.7. The molecule has 3 aromatic rings. The van der Waals surface area contributed by atoms with Crippen molar-refractivity contribution in [2.75, 3.05) is 28.1 Å². The van der Waals surface area contributed by atoms with E-state index in [0.717, 1.165) is 22.6 Å². The SMILES string of the molecule is COc1ccc(C(O)C(C)Oc2ccc(C3OC(c4ccc5c(c4)OCO5)C(C)C3C)cc2OC)cc1OC. The number of methoxy groups -OCH3 is 3. The molecule has 8 nitrogen and oxygen atoms in total. The van der Waals surface area contributed by atoms with Crippen LogP contribution in [-0.2, 0) is 4.74 Å². The van der Waals surface area contributed by atoms with Gasteiger partial charge in [0.05, 0.1) is 33.5 Å². The summed E-state index contributed by atoms with van der Waals surface area (Å²) in [6, 6.07) is 17.2. The number of hydrogen-bond acceptors (Lipinski definition) is 8. The molecule has 1 saturated heterocycles. The zero-order chi connectivity index (χ0) is 27.7. The Morgan fingerprint density at radius 2 is 1.31 bits per heavy atom. The molecule has 6 unspecified atom stereocenters. The van der Waals surface area contributed by atoms with E-state index in [9.17, 15) is 5.11 Å². The number of hydrogen-bond donors (Lipinski definition) is 1. The number of rotatable bonds is 9. The summed E-state index contributed by atoms with van der Waals surface area (Å²) in [5, 5.41) is 11.0. The van der Waals surface area contributed by atoms with Crippen LogP contribution in [0, 0.1) is 11.8 Å². The van der Waals surface area contributed by atoms with Gasteiger partial charge in [-0.15, -0.1) is 0 Å². The number of benzene rings is 3. The second-order valence-corrected chi connectivity index (χ2v) is 10.1. The molecule has 0 aliphatic carbocycles. The van der Waals surface area contributed by atoms with Gasteiger partial charge in [-0.1, -0.05) is 32.0 Å². The van der Waals surface area contributed by atoms with Crippen molar-refractivity contribution in [3.05, 3.63) is 71.3 Å². The van der Waals surface area contributed by atoms with Crippen molar-refractivity contribution in [3.8, 4) is 34.5 Å². The third kappa shape index (κ3) is 5.18. The summed E-state index contributed by atoms with van der Waals surface area (Å²) in [6.45, 7) is 6.48. The zero-order valence-electron chi connectivity index (χ0n) is 23.2. The van der Waals surface area contributed by atoms with E-state index in [4.69, 9.17) is 33.2 Å². The standard InChI is InChI=1S/C31H36O8/c1-17-18(2)31(22-8-11-24-28(15-22)37-16-36-24)39-30(17)21-9-12-25(27(14-21)35-6)38-19(3)29(32)20-7-10-23(33-4)26(13-20)34-5/h7-15,17-19,29-32H,16H2,1-6H3. The van der Waals surface area contributed by atoms with Crippen LogP contribution in [-0.4, -0.2) is 39.3 Å². The van der Waals surface area contributed by atoms with Crippen molar-refractivity contribution in [2.24, 2.45) is 11.8 Å². The topological polar surface area (TPSA) is 84.8 Å². The van der Waals surface area contributed by atoms with E-state index >= 15 is 0 Å². The highest BCUT2D eigenvalue weighted by Gasteiger charge is 2.41. The fourth-order valence-electron chi connectivity index (χ4n) is 5.34. The van der Waals surface area contributed by atoms with Gasteiger partial charge in [-0.2, -0.15) is 0 Å². The molecule has 208 valence electrons. The van der Waals surface area contributed by atoms with Crippen LogP contribution in [0.25, 0.3) is 0 Å². The molecule has 2 heterocycles. The van der Waals surface area contributed by atoms with Crippen LogP contribution < -0.4 is 28.4 Å². The predicted molar refractivity (Wildman–Crippen MR) is 145 cm³/mol. The van der Waals surface area contributed by atoms with E-state index < -0.39 is 12.2 Å². The summed E-state index contributed by atoms with van der Waals surface area (Å²) < 4.78 is 40.2. The van der Waals surface area contributed by atoms with Crippen LogP contribution in [0.2, 0.25) is 0 Å². The smallest absolute Gasteiger partial charge is 0.231 e. The third-order valence-corrected chi connectivity index (χ3v) is 7.83. The third-order valence-electron chi connectivity index (χ3n) is 7.83. The lowest BCUT2D eigenvalue weighted by atomic mass is 9.85. The Morgan fingerprint density at radius 1 is 0.718 bits per heavy atom. The van der Waals surface area contributed by atoms with E-state index in [0.29, 0.717) is 28.6 Å². The monoisotopic (exact) mass is 536 g/mol. The van der Waals surface area contributed by atoms with Gasteiger partial charge in [0.2, 0.25) is 6.79 Å². The summed E-state index contributed by atoms with van der Waals surface area (Å²) in [6.07, 6.45) is -1.64.